The van der Waals surface area contributed by atoms with Gasteiger partial charge in [-0.2, -0.15) is 0 Å². The highest BCUT2D eigenvalue weighted by atomic mass is 32.1. The molecule has 26 heavy (non-hydrogen) atoms. The smallest absolute Gasteiger partial charge is 0.358 e. The van der Waals surface area contributed by atoms with Gasteiger partial charge in [0.2, 0.25) is 0 Å². The lowest BCUT2D eigenvalue weighted by molar-refractivity contribution is 0.0470. The third kappa shape index (κ3) is 4.24. The molecule has 0 aliphatic rings. The molecule has 5 heteroatoms. The maximum atomic E-state index is 12.1. The van der Waals surface area contributed by atoms with Gasteiger partial charge >= 0.3 is 5.97 Å². The topological polar surface area (TPSA) is 56.3 Å². The first-order chi connectivity index (χ1) is 12.6. The van der Waals surface area contributed by atoms with Crippen LogP contribution in [0, 0.1) is 6.92 Å². The Morgan fingerprint density at radius 3 is 2.38 bits per heavy atom. The summed E-state index contributed by atoms with van der Waals surface area (Å²) in [5.41, 5.74) is 4.03. The fourth-order valence-corrected chi connectivity index (χ4v) is 3.21. The molecule has 0 aliphatic heterocycles. The second kappa shape index (κ2) is 8.06. The standard InChI is InChI=1S/C21H19NO3S/c1-3-15-6-10-16(11-7-15)19(23)12-25-21(24)18-13-26-20(22-18)17-8-4-14(2)5-9-17/h4-11,13H,3,12H2,1-2H3. The molecular formula is C21H19NO3S. The number of ketones is 1. The summed E-state index contributed by atoms with van der Waals surface area (Å²) >= 11 is 1.37. The van der Waals surface area contributed by atoms with E-state index in [1.54, 1.807) is 17.5 Å². The Morgan fingerprint density at radius 1 is 1.04 bits per heavy atom. The van der Waals surface area contributed by atoms with Crippen LogP contribution in [-0.2, 0) is 11.2 Å². The number of aromatic nitrogens is 1. The van der Waals surface area contributed by atoms with Crippen LogP contribution in [0.3, 0.4) is 0 Å². The molecule has 0 amide bonds. The van der Waals surface area contributed by atoms with Gasteiger partial charge < -0.3 is 4.74 Å². The quantitative estimate of drug-likeness (QED) is 0.468. The average Bonchev–Trinajstić information content (AvgIpc) is 3.16. The molecule has 4 nitrogen and oxygen atoms in total. The number of esters is 1. The van der Waals surface area contributed by atoms with Gasteiger partial charge in [0.25, 0.3) is 0 Å². The predicted octanol–water partition coefficient (Wildman–Crippen LogP) is 4.72. The fourth-order valence-electron chi connectivity index (χ4n) is 2.41. The van der Waals surface area contributed by atoms with Crippen molar-refractivity contribution in [3.8, 4) is 10.6 Å². The van der Waals surface area contributed by atoms with Crippen LogP contribution in [0.25, 0.3) is 10.6 Å². The summed E-state index contributed by atoms with van der Waals surface area (Å²) in [7, 11) is 0. The van der Waals surface area contributed by atoms with E-state index in [2.05, 4.69) is 11.9 Å². The number of Topliss-reactive ketones (excluding diaryl/α,β-unsaturated/α-hetero) is 1. The van der Waals surface area contributed by atoms with Crippen LogP contribution in [0.5, 0.6) is 0 Å². The first-order valence-electron chi connectivity index (χ1n) is 8.38. The van der Waals surface area contributed by atoms with Gasteiger partial charge in [0.1, 0.15) is 5.01 Å². The van der Waals surface area contributed by atoms with E-state index in [-0.39, 0.29) is 18.1 Å². The monoisotopic (exact) mass is 365 g/mol. The van der Waals surface area contributed by atoms with Crippen LogP contribution in [0.1, 0.15) is 38.9 Å². The number of hydrogen-bond acceptors (Lipinski definition) is 5. The lowest BCUT2D eigenvalue weighted by Gasteiger charge is -2.04. The molecule has 0 N–H and O–H groups in total. The Balaban J connectivity index is 1.61. The number of aryl methyl sites for hydroxylation is 2. The minimum atomic E-state index is -0.585. The molecule has 132 valence electrons. The SMILES string of the molecule is CCc1ccc(C(=O)COC(=O)c2csc(-c3ccc(C)cc3)n2)cc1. The van der Waals surface area contributed by atoms with Crippen molar-refractivity contribution in [2.45, 2.75) is 20.3 Å². The molecule has 0 bridgehead atoms. The van der Waals surface area contributed by atoms with Crippen LogP contribution < -0.4 is 0 Å². The van der Waals surface area contributed by atoms with Crippen LogP contribution in [0.15, 0.2) is 53.9 Å². The van der Waals surface area contributed by atoms with Gasteiger partial charge in [-0.05, 0) is 18.9 Å². The minimum Gasteiger partial charge on any atom is -0.453 e. The van der Waals surface area contributed by atoms with E-state index in [1.165, 1.54) is 11.3 Å². The minimum absolute atomic E-state index is 0.222. The fraction of sp³-hybridized carbons (Fsp3) is 0.190. The first kappa shape index (κ1) is 18.0. The van der Waals surface area contributed by atoms with Crippen molar-refractivity contribution in [2.75, 3.05) is 6.61 Å². The van der Waals surface area contributed by atoms with Gasteiger partial charge in [-0.3, -0.25) is 4.79 Å². The van der Waals surface area contributed by atoms with Gasteiger partial charge in [0.05, 0.1) is 0 Å². The van der Waals surface area contributed by atoms with Gasteiger partial charge in [-0.15, -0.1) is 11.3 Å². The normalized spacial score (nSPS) is 10.5. The number of carbonyl (C=O) groups excluding carboxylic acids is 2. The number of hydrogen-bond donors (Lipinski definition) is 0. The number of carbonyl (C=O) groups is 2. The van der Waals surface area contributed by atoms with Crippen molar-refractivity contribution in [1.29, 1.82) is 0 Å². The lowest BCUT2D eigenvalue weighted by Crippen LogP contribution is -2.14. The Labute approximate surface area is 156 Å². The molecule has 0 saturated heterocycles. The van der Waals surface area contributed by atoms with Crippen molar-refractivity contribution >= 4 is 23.1 Å². The number of ether oxygens (including phenoxy) is 1. The second-order valence-corrected chi connectivity index (χ2v) is 6.81. The Hall–Kier alpha value is -2.79. The van der Waals surface area contributed by atoms with Crippen molar-refractivity contribution in [3.05, 3.63) is 76.3 Å². The van der Waals surface area contributed by atoms with E-state index in [4.69, 9.17) is 4.74 Å². The number of thiazole rings is 1. The first-order valence-corrected chi connectivity index (χ1v) is 9.26. The molecular weight excluding hydrogens is 346 g/mol. The molecule has 0 atom stereocenters. The van der Waals surface area contributed by atoms with Crippen molar-refractivity contribution < 1.29 is 14.3 Å². The summed E-state index contributed by atoms with van der Waals surface area (Å²) in [5, 5.41) is 2.40. The number of rotatable bonds is 6. The summed E-state index contributed by atoms with van der Waals surface area (Å²) in [6.07, 6.45) is 0.913. The van der Waals surface area contributed by atoms with Crippen molar-refractivity contribution in [2.24, 2.45) is 0 Å². The highest BCUT2D eigenvalue weighted by Crippen LogP contribution is 2.24. The Kier molecular flexibility index (Phi) is 5.58. The molecule has 2 aromatic carbocycles. The average molecular weight is 365 g/mol. The van der Waals surface area contributed by atoms with Crippen molar-refractivity contribution in [1.82, 2.24) is 4.98 Å². The van der Waals surface area contributed by atoms with Crippen molar-refractivity contribution in [3.63, 3.8) is 0 Å². The highest BCUT2D eigenvalue weighted by molar-refractivity contribution is 7.13. The summed E-state index contributed by atoms with van der Waals surface area (Å²) in [4.78, 5) is 28.6. The maximum absolute atomic E-state index is 12.1. The van der Waals surface area contributed by atoms with Crippen LogP contribution in [0.4, 0.5) is 0 Å². The molecule has 3 rings (SSSR count). The summed E-state index contributed by atoms with van der Waals surface area (Å²) < 4.78 is 5.12. The zero-order chi connectivity index (χ0) is 18.5. The van der Waals surface area contributed by atoms with Crippen LogP contribution >= 0.6 is 11.3 Å². The van der Waals surface area contributed by atoms with Crippen LogP contribution in [-0.4, -0.2) is 23.3 Å². The van der Waals surface area contributed by atoms with E-state index < -0.39 is 5.97 Å². The van der Waals surface area contributed by atoms with E-state index in [1.807, 2.05) is 43.3 Å². The molecule has 3 aromatic rings. The van der Waals surface area contributed by atoms with Crippen LogP contribution in [0.2, 0.25) is 0 Å². The summed E-state index contributed by atoms with van der Waals surface area (Å²) in [6, 6.07) is 15.3. The van der Waals surface area contributed by atoms with Gasteiger partial charge in [0.15, 0.2) is 18.1 Å². The van der Waals surface area contributed by atoms with E-state index in [0.717, 1.165) is 28.1 Å². The van der Waals surface area contributed by atoms with E-state index >= 15 is 0 Å². The molecule has 0 radical (unpaired) electrons. The number of benzene rings is 2. The molecule has 0 fully saturated rings. The molecule has 0 spiro atoms. The number of nitrogens with zero attached hydrogens (tertiary/aromatic N) is 1. The predicted molar refractivity (Wildman–Crippen MR) is 103 cm³/mol. The maximum Gasteiger partial charge on any atom is 0.358 e. The third-order valence-corrected chi connectivity index (χ3v) is 4.92. The zero-order valence-corrected chi connectivity index (χ0v) is 15.5. The highest BCUT2D eigenvalue weighted by Gasteiger charge is 2.15. The molecule has 1 aromatic heterocycles. The van der Waals surface area contributed by atoms with Gasteiger partial charge in [-0.1, -0.05) is 61.0 Å². The van der Waals surface area contributed by atoms with Gasteiger partial charge in [0, 0.05) is 16.5 Å². The molecule has 0 unspecified atom stereocenters. The molecule has 1 heterocycles. The summed E-state index contributed by atoms with van der Waals surface area (Å²) in [5.74, 6) is -0.812. The van der Waals surface area contributed by atoms with E-state index in [9.17, 15) is 9.59 Å². The summed E-state index contributed by atoms with van der Waals surface area (Å²) in [6.45, 7) is 3.78. The molecule has 0 aliphatic carbocycles. The Bertz CT molecular complexity index is 911. The zero-order valence-electron chi connectivity index (χ0n) is 14.7. The largest absolute Gasteiger partial charge is 0.453 e. The molecule has 0 saturated carbocycles. The lowest BCUT2D eigenvalue weighted by atomic mass is 10.1. The Morgan fingerprint density at radius 2 is 1.73 bits per heavy atom. The second-order valence-electron chi connectivity index (χ2n) is 5.95. The van der Waals surface area contributed by atoms with E-state index in [0.29, 0.717) is 5.56 Å². The third-order valence-electron chi connectivity index (χ3n) is 4.03. The van der Waals surface area contributed by atoms with Gasteiger partial charge in [-0.25, -0.2) is 9.78 Å².